The third-order valence-corrected chi connectivity index (χ3v) is 3.46. The van der Waals surface area contributed by atoms with Gasteiger partial charge in [-0.25, -0.2) is 4.79 Å². The van der Waals surface area contributed by atoms with Gasteiger partial charge in [-0.3, -0.25) is 0 Å². The van der Waals surface area contributed by atoms with Crippen molar-refractivity contribution >= 4 is 21.9 Å². The maximum atomic E-state index is 12.0. The molecule has 3 aromatic rings. The molecule has 0 N–H and O–H groups in total. The molecular weight excluding hydrogens is 344 g/mol. The molecule has 0 saturated heterocycles. The number of aromatic nitrogens is 2. The Labute approximate surface area is 135 Å². The Balaban J connectivity index is 1.75. The van der Waals surface area contributed by atoms with Gasteiger partial charge in [0.1, 0.15) is 0 Å². The second-order valence-electron chi connectivity index (χ2n) is 4.52. The lowest BCUT2D eigenvalue weighted by Gasteiger charge is -2.04. The SMILES string of the molecule is O=C(Oc1ccc(-c2ccccc2)nn1)c1cccc(Br)c1. The van der Waals surface area contributed by atoms with Gasteiger partial charge in [-0.15, -0.1) is 10.2 Å². The lowest BCUT2D eigenvalue weighted by Crippen LogP contribution is -2.09. The Morgan fingerprint density at radius 1 is 0.909 bits per heavy atom. The minimum atomic E-state index is -0.469. The van der Waals surface area contributed by atoms with Gasteiger partial charge in [0, 0.05) is 16.1 Å². The van der Waals surface area contributed by atoms with E-state index in [9.17, 15) is 4.79 Å². The van der Waals surface area contributed by atoms with Gasteiger partial charge in [-0.2, -0.15) is 0 Å². The van der Waals surface area contributed by atoms with E-state index < -0.39 is 5.97 Å². The van der Waals surface area contributed by atoms with Crippen LogP contribution in [0.25, 0.3) is 11.3 Å². The summed E-state index contributed by atoms with van der Waals surface area (Å²) in [6, 6.07) is 20.1. The van der Waals surface area contributed by atoms with Crippen molar-refractivity contribution in [3.8, 4) is 17.1 Å². The van der Waals surface area contributed by atoms with Gasteiger partial charge in [0.05, 0.1) is 11.3 Å². The highest BCUT2D eigenvalue weighted by atomic mass is 79.9. The van der Waals surface area contributed by atoms with E-state index in [0.717, 1.165) is 15.7 Å². The topological polar surface area (TPSA) is 52.1 Å². The number of benzene rings is 2. The number of esters is 1. The van der Waals surface area contributed by atoms with Crippen LogP contribution in [0.4, 0.5) is 0 Å². The first-order valence-electron chi connectivity index (χ1n) is 6.59. The first kappa shape index (κ1) is 14.4. The number of hydrogen-bond donors (Lipinski definition) is 0. The molecule has 0 saturated carbocycles. The summed E-state index contributed by atoms with van der Waals surface area (Å²) in [4.78, 5) is 12.0. The molecule has 0 unspecified atom stereocenters. The normalized spacial score (nSPS) is 10.2. The second-order valence-corrected chi connectivity index (χ2v) is 5.44. The molecule has 0 aliphatic rings. The molecule has 2 aromatic carbocycles. The van der Waals surface area contributed by atoms with Gasteiger partial charge < -0.3 is 4.74 Å². The van der Waals surface area contributed by atoms with Crippen molar-refractivity contribution in [2.75, 3.05) is 0 Å². The van der Waals surface area contributed by atoms with Gasteiger partial charge in [-0.1, -0.05) is 52.3 Å². The average Bonchev–Trinajstić information content (AvgIpc) is 2.56. The van der Waals surface area contributed by atoms with Gasteiger partial charge in [0.15, 0.2) is 0 Å². The van der Waals surface area contributed by atoms with E-state index in [1.807, 2.05) is 36.4 Å². The number of ether oxygens (including phenoxy) is 1. The van der Waals surface area contributed by atoms with Crippen LogP contribution in [0.1, 0.15) is 10.4 Å². The Morgan fingerprint density at radius 3 is 2.41 bits per heavy atom. The summed E-state index contributed by atoms with van der Waals surface area (Å²) in [6.45, 7) is 0. The van der Waals surface area contributed by atoms with Crippen LogP contribution in [-0.2, 0) is 0 Å². The van der Waals surface area contributed by atoms with Crippen molar-refractivity contribution in [2.45, 2.75) is 0 Å². The molecule has 108 valence electrons. The molecule has 1 heterocycles. The zero-order valence-corrected chi connectivity index (χ0v) is 13.0. The lowest BCUT2D eigenvalue weighted by atomic mass is 10.1. The Morgan fingerprint density at radius 2 is 1.73 bits per heavy atom. The number of carbonyl (C=O) groups excluding carboxylic acids is 1. The molecular formula is C17H11BrN2O2. The molecule has 1 aromatic heterocycles. The van der Waals surface area contributed by atoms with E-state index in [1.165, 1.54) is 0 Å². The summed E-state index contributed by atoms with van der Waals surface area (Å²) in [5.41, 5.74) is 2.13. The van der Waals surface area contributed by atoms with Crippen LogP contribution in [-0.4, -0.2) is 16.2 Å². The molecule has 0 atom stereocenters. The van der Waals surface area contributed by atoms with Crippen molar-refractivity contribution in [3.63, 3.8) is 0 Å². The molecule has 3 rings (SSSR count). The zero-order valence-electron chi connectivity index (χ0n) is 11.4. The van der Waals surface area contributed by atoms with Crippen LogP contribution in [0.5, 0.6) is 5.88 Å². The highest BCUT2D eigenvalue weighted by Gasteiger charge is 2.10. The molecule has 0 bridgehead atoms. The summed E-state index contributed by atoms with van der Waals surface area (Å²) < 4.78 is 6.03. The molecule has 0 fully saturated rings. The van der Waals surface area contributed by atoms with Crippen molar-refractivity contribution in [1.82, 2.24) is 10.2 Å². The predicted octanol–water partition coefficient (Wildman–Crippen LogP) is 4.13. The number of hydrogen-bond acceptors (Lipinski definition) is 4. The van der Waals surface area contributed by atoms with E-state index in [4.69, 9.17) is 4.74 Å². The summed E-state index contributed by atoms with van der Waals surface area (Å²) >= 11 is 3.32. The molecule has 0 spiro atoms. The standard InChI is InChI=1S/C17H11BrN2O2/c18-14-8-4-7-13(11-14)17(21)22-16-10-9-15(19-20-16)12-5-2-1-3-6-12/h1-11H. The van der Waals surface area contributed by atoms with Crippen molar-refractivity contribution in [1.29, 1.82) is 0 Å². The number of nitrogens with zero attached hydrogens (tertiary/aromatic N) is 2. The van der Waals surface area contributed by atoms with E-state index in [0.29, 0.717) is 5.56 Å². The average molecular weight is 355 g/mol. The van der Waals surface area contributed by atoms with Crippen LogP contribution in [0.3, 0.4) is 0 Å². The number of rotatable bonds is 3. The molecule has 0 amide bonds. The number of carbonyl (C=O) groups is 1. The second kappa shape index (κ2) is 6.49. The molecule has 0 radical (unpaired) electrons. The van der Waals surface area contributed by atoms with E-state index >= 15 is 0 Å². The maximum Gasteiger partial charge on any atom is 0.344 e. The minimum Gasteiger partial charge on any atom is -0.402 e. The summed E-state index contributed by atoms with van der Waals surface area (Å²) in [5.74, 6) is -0.298. The molecule has 0 aliphatic carbocycles. The van der Waals surface area contributed by atoms with E-state index in [-0.39, 0.29) is 5.88 Å². The fourth-order valence-electron chi connectivity index (χ4n) is 1.91. The minimum absolute atomic E-state index is 0.171. The Bertz CT molecular complexity index is 789. The zero-order chi connectivity index (χ0) is 15.4. The first-order valence-corrected chi connectivity index (χ1v) is 7.38. The van der Waals surface area contributed by atoms with E-state index in [2.05, 4.69) is 26.1 Å². The third kappa shape index (κ3) is 3.38. The van der Waals surface area contributed by atoms with Gasteiger partial charge in [-0.05, 0) is 24.3 Å². The predicted molar refractivity (Wildman–Crippen MR) is 86.6 cm³/mol. The Kier molecular flexibility index (Phi) is 4.25. The van der Waals surface area contributed by atoms with Crippen LogP contribution in [0.15, 0.2) is 71.2 Å². The quantitative estimate of drug-likeness (QED) is 0.663. The molecule has 5 heteroatoms. The fourth-order valence-corrected chi connectivity index (χ4v) is 2.31. The van der Waals surface area contributed by atoms with Crippen LogP contribution >= 0.6 is 15.9 Å². The largest absolute Gasteiger partial charge is 0.402 e. The molecule has 0 aliphatic heterocycles. The summed E-state index contributed by atoms with van der Waals surface area (Å²) in [6.07, 6.45) is 0. The van der Waals surface area contributed by atoms with Crippen molar-refractivity contribution in [2.24, 2.45) is 0 Å². The fraction of sp³-hybridized carbons (Fsp3) is 0. The first-order chi connectivity index (χ1) is 10.7. The van der Waals surface area contributed by atoms with Crippen molar-refractivity contribution in [3.05, 3.63) is 76.8 Å². The highest BCUT2D eigenvalue weighted by molar-refractivity contribution is 9.10. The van der Waals surface area contributed by atoms with Gasteiger partial charge in [0.2, 0.25) is 5.88 Å². The number of halogens is 1. The maximum absolute atomic E-state index is 12.0. The van der Waals surface area contributed by atoms with Crippen LogP contribution < -0.4 is 4.74 Å². The van der Waals surface area contributed by atoms with Gasteiger partial charge in [0.25, 0.3) is 0 Å². The molecule has 22 heavy (non-hydrogen) atoms. The van der Waals surface area contributed by atoms with Gasteiger partial charge >= 0.3 is 5.97 Å². The smallest absolute Gasteiger partial charge is 0.344 e. The van der Waals surface area contributed by atoms with Crippen LogP contribution in [0.2, 0.25) is 0 Å². The summed E-state index contributed by atoms with van der Waals surface area (Å²) in [7, 11) is 0. The van der Waals surface area contributed by atoms with E-state index in [1.54, 1.807) is 30.3 Å². The molecule has 4 nitrogen and oxygen atoms in total. The lowest BCUT2D eigenvalue weighted by molar-refractivity contribution is 0.0726. The van der Waals surface area contributed by atoms with Crippen LogP contribution in [0, 0.1) is 0 Å². The summed E-state index contributed by atoms with van der Waals surface area (Å²) in [5, 5.41) is 8.01. The third-order valence-electron chi connectivity index (χ3n) is 2.97. The van der Waals surface area contributed by atoms with Crippen molar-refractivity contribution < 1.29 is 9.53 Å². The Hall–Kier alpha value is -2.53. The highest BCUT2D eigenvalue weighted by Crippen LogP contribution is 2.18. The monoisotopic (exact) mass is 354 g/mol.